The standard InChI is InChI=1S/C19H29NO4S/c1-7-24-19(21)17-8-10-20(11-9-17)25(22,23)18-15(5)13(3)12(2)14(4)16(18)6/h17H,7-11H2,1-6H3. The van der Waals surface area contributed by atoms with Crippen LogP contribution < -0.4 is 0 Å². The van der Waals surface area contributed by atoms with Gasteiger partial charge in [-0.3, -0.25) is 4.79 Å². The van der Waals surface area contributed by atoms with Gasteiger partial charge in [-0.1, -0.05) is 0 Å². The molecule has 25 heavy (non-hydrogen) atoms. The zero-order chi connectivity index (χ0) is 18.9. The number of benzene rings is 1. The molecule has 0 N–H and O–H groups in total. The molecule has 0 radical (unpaired) electrons. The molecule has 0 atom stereocenters. The quantitative estimate of drug-likeness (QED) is 0.767. The van der Waals surface area contributed by atoms with Crippen molar-refractivity contribution in [2.75, 3.05) is 19.7 Å². The SMILES string of the molecule is CCOC(=O)C1CCN(S(=O)(=O)c2c(C)c(C)c(C)c(C)c2C)CC1. The van der Waals surface area contributed by atoms with Crippen LogP contribution >= 0.6 is 0 Å². The van der Waals surface area contributed by atoms with Crippen molar-refractivity contribution in [1.82, 2.24) is 4.31 Å². The first-order chi connectivity index (χ1) is 11.6. The topological polar surface area (TPSA) is 63.7 Å². The Kier molecular flexibility index (Phi) is 5.94. The minimum absolute atomic E-state index is 0.199. The molecule has 1 aromatic rings. The van der Waals surface area contributed by atoms with Gasteiger partial charge in [-0.05, 0) is 82.2 Å². The molecule has 0 saturated carbocycles. The molecule has 6 heteroatoms. The van der Waals surface area contributed by atoms with Crippen LogP contribution in [-0.4, -0.2) is 38.4 Å². The Hall–Kier alpha value is -1.40. The minimum atomic E-state index is -3.57. The van der Waals surface area contributed by atoms with Crippen molar-refractivity contribution in [3.05, 3.63) is 27.8 Å². The van der Waals surface area contributed by atoms with Crippen molar-refractivity contribution in [2.45, 2.75) is 59.3 Å². The second-order valence-corrected chi connectivity index (χ2v) is 8.76. The van der Waals surface area contributed by atoms with Crippen LogP contribution in [0.4, 0.5) is 0 Å². The molecule has 0 aliphatic carbocycles. The molecule has 140 valence electrons. The highest BCUT2D eigenvalue weighted by Gasteiger charge is 2.35. The van der Waals surface area contributed by atoms with Crippen molar-refractivity contribution < 1.29 is 17.9 Å². The van der Waals surface area contributed by atoms with Crippen molar-refractivity contribution in [3.63, 3.8) is 0 Å². The summed E-state index contributed by atoms with van der Waals surface area (Å²) in [5.41, 5.74) is 4.86. The van der Waals surface area contributed by atoms with E-state index in [1.54, 1.807) is 6.92 Å². The van der Waals surface area contributed by atoms with Gasteiger partial charge in [0.1, 0.15) is 0 Å². The molecule has 2 rings (SSSR count). The fraction of sp³-hybridized carbons (Fsp3) is 0.632. The summed E-state index contributed by atoms with van der Waals surface area (Å²) >= 11 is 0. The van der Waals surface area contributed by atoms with Gasteiger partial charge in [0.2, 0.25) is 10.0 Å². The van der Waals surface area contributed by atoms with Crippen molar-refractivity contribution >= 4 is 16.0 Å². The number of rotatable bonds is 4. The molecule has 1 aromatic carbocycles. The maximum Gasteiger partial charge on any atom is 0.309 e. The Bertz CT molecular complexity index is 746. The predicted molar refractivity (Wildman–Crippen MR) is 98.2 cm³/mol. The maximum absolute atomic E-state index is 13.3. The minimum Gasteiger partial charge on any atom is -0.466 e. The van der Waals surface area contributed by atoms with E-state index in [4.69, 9.17) is 4.74 Å². The van der Waals surface area contributed by atoms with E-state index in [9.17, 15) is 13.2 Å². The van der Waals surface area contributed by atoms with Crippen LogP contribution in [-0.2, 0) is 19.6 Å². The summed E-state index contributed by atoms with van der Waals surface area (Å²) in [5, 5.41) is 0. The number of piperidine rings is 1. The Morgan fingerprint density at radius 3 is 1.84 bits per heavy atom. The number of carbonyl (C=O) groups is 1. The van der Waals surface area contributed by atoms with E-state index in [0.29, 0.717) is 37.4 Å². The van der Waals surface area contributed by atoms with Gasteiger partial charge in [0.25, 0.3) is 0 Å². The predicted octanol–water partition coefficient (Wildman–Crippen LogP) is 3.19. The third-order valence-electron chi connectivity index (χ3n) is 5.60. The fourth-order valence-corrected chi connectivity index (χ4v) is 5.60. The average Bonchev–Trinajstić information content (AvgIpc) is 2.58. The smallest absolute Gasteiger partial charge is 0.309 e. The van der Waals surface area contributed by atoms with E-state index in [2.05, 4.69) is 0 Å². The number of hydrogen-bond acceptors (Lipinski definition) is 4. The highest BCUT2D eigenvalue weighted by Crippen LogP contribution is 2.33. The Balaban J connectivity index is 2.32. The first-order valence-electron chi connectivity index (χ1n) is 8.86. The second-order valence-electron chi connectivity index (χ2n) is 6.88. The lowest BCUT2D eigenvalue weighted by Gasteiger charge is -2.31. The van der Waals surface area contributed by atoms with Crippen molar-refractivity contribution in [2.24, 2.45) is 5.92 Å². The summed E-state index contributed by atoms with van der Waals surface area (Å²) in [6.07, 6.45) is 1.03. The molecule has 0 bridgehead atoms. The van der Waals surface area contributed by atoms with Gasteiger partial charge in [-0.15, -0.1) is 0 Å². The lowest BCUT2D eigenvalue weighted by atomic mass is 9.95. The van der Waals surface area contributed by atoms with E-state index >= 15 is 0 Å². The molecular formula is C19H29NO4S. The molecule has 0 unspecified atom stereocenters. The molecular weight excluding hydrogens is 338 g/mol. The zero-order valence-electron chi connectivity index (χ0n) is 16.1. The summed E-state index contributed by atoms with van der Waals surface area (Å²) in [5.74, 6) is -0.413. The molecule has 1 aliphatic heterocycles. The first-order valence-corrected chi connectivity index (χ1v) is 10.3. The van der Waals surface area contributed by atoms with Crippen LogP contribution in [0.2, 0.25) is 0 Å². The molecule has 1 aliphatic rings. The van der Waals surface area contributed by atoms with Crippen LogP contribution in [0.5, 0.6) is 0 Å². The highest BCUT2D eigenvalue weighted by molar-refractivity contribution is 7.89. The van der Waals surface area contributed by atoms with Crippen molar-refractivity contribution in [3.8, 4) is 0 Å². The number of carbonyl (C=O) groups excluding carboxylic acids is 1. The lowest BCUT2D eigenvalue weighted by Crippen LogP contribution is -2.41. The van der Waals surface area contributed by atoms with Gasteiger partial charge in [0, 0.05) is 13.1 Å². The summed E-state index contributed by atoms with van der Waals surface area (Å²) in [4.78, 5) is 12.3. The average molecular weight is 368 g/mol. The van der Waals surface area contributed by atoms with Gasteiger partial charge in [-0.2, -0.15) is 4.31 Å². The Morgan fingerprint density at radius 1 is 0.960 bits per heavy atom. The molecule has 5 nitrogen and oxygen atoms in total. The molecule has 1 heterocycles. The zero-order valence-corrected chi connectivity index (χ0v) is 16.9. The summed E-state index contributed by atoms with van der Waals surface area (Å²) in [6, 6.07) is 0. The van der Waals surface area contributed by atoms with Gasteiger partial charge >= 0.3 is 5.97 Å². The molecule has 1 fully saturated rings. The first kappa shape index (κ1) is 19.9. The fourth-order valence-electron chi connectivity index (χ4n) is 3.57. The lowest BCUT2D eigenvalue weighted by molar-refractivity contribution is -0.149. The van der Waals surface area contributed by atoms with Crippen LogP contribution in [0.15, 0.2) is 4.90 Å². The second kappa shape index (κ2) is 7.46. The number of nitrogens with zero attached hydrogens (tertiary/aromatic N) is 1. The van der Waals surface area contributed by atoms with Crippen LogP contribution in [0.1, 0.15) is 47.6 Å². The Labute approximate surface area is 151 Å². The Morgan fingerprint density at radius 2 is 1.40 bits per heavy atom. The van der Waals surface area contributed by atoms with Crippen molar-refractivity contribution in [1.29, 1.82) is 0 Å². The van der Waals surface area contributed by atoms with Crippen LogP contribution in [0.3, 0.4) is 0 Å². The van der Waals surface area contributed by atoms with E-state index in [1.807, 2.05) is 34.6 Å². The van der Waals surface area contributed by atoms with Gasteiger partial charge < -0.3 is 4.74 Å². The highest BCUT2D eigenvalue weighted by atomic mass is 32.2. The molecule has 0 amide bonds. The number of esters is 1. The van der Waals surface area contributed by atoms with E-state index in [1.165, 1.54) is 4.31 Å². The van der Waals surface area contributed by atoms with E-state index in [-0.39, 0.29) is 11.9 Å². The molecule has 1 saturated heterocycles. The number of sulfonamides is 1. The van der Waals surface area contributed by atoms with E-state index < -0.39 is 10.0 Å². The van der Waals surface area contributed by atoms with Crippen LogP contribution in [0.25, 0.3) is 0 Å². The molecule has 0 aromatic heterocycles. The van der Waals surface area contributed by atoms with E-state index in [0.717, 1.165) is 27.8 Å². The summed E-state index contributed by atoms with van der Waals surface area (Å²) < 4.78 is 33.1. The van der Waals surface area contributed by atoms with Gasteiger partial charge in [-0.25, -0.2) is 8.42 Å². The summed E-state index contributed by atoms with van der Waals surface area (Å²) in [6.45, 7) is 12.6. The normalized spacial score (nSPS) is 16.9. The summed E-state index contributed by atoms with van der Waals surface area (Å²) in [7, 11) is -3.57. The number of ether oxygens (including phenoxy) is 1. The third-order valence-corrected chi connectivity index (χ3v) is 7.78. The largest absolute Gasteiger partial charge is 0.466 e. The maximum atomic E-state index is 13.3. The monoisotopic (exact) mass is 367 g/mol. The van der Waals surface area contributed by atoms with Gasteiger partial charge in [0.05, 0.1) is 17.4 Å². The number of hydrogen-bond donors (Lipinski definition) is 0. The van der Waals surface area contributed by atoms with Gasteiger partial charge in [0.15, 0.2) is 0 Å². The van der Waals surface area contributed by atoms with Crippen LogP contribution in [0, 0.1) is 40.5 Å². The third kappa shape index (κ3) is 3.60. The molecule has 0 spiro atoms.